The van der Waals surface area contributed by atoms with E-state index in [1.165, 1.54) is 5.56 Å². The van der Waals surface area contributed by atoms with Gasteiger partial charge in [0.25, 0.3) is 5.91 Å². The van der Waals surface area contributed by atoms with E-state index in [9.17, 15) is 4.79 Å². The van der Waals surface area contributed by atoms with E-state index in [0.29, 0.717) is 13.2 Å². The SMILES string of the molecule is O=C(C=Cc1ccc2c(c1)OCCO2)N1CCCc2ccccc21. The van der Waals surface area contributed by atoms with Crippen LogP contribution in [0.25, 0.3) is 6.08 Å². The van der Waals surface area contributed by atoms with Crippen molar-refractivity contribution in [3.05, 3.63) is 59.7 Å². The molecule has 0 aromatic heterocycles. The van der Waals surface area contributed by atoms with E-state index >= 15 is 0 Å². The molecule has 0 bridgehead atoms. The highest BCUT2D eigenvalue weighted by Crippen LogP contribution is 2.31. The molecule has 4 rings (SSSR count). The van der Waals surface area contributed by atoms with Gasteiger partial charge in [-0.1, -0.05) is 24.3 Å². The van der Waals surface area contributed by atoms with Crippen LogP contribution in [0.3, 0.4) is 0 Å². The van der Waals surface area contributed by atoms with Crippen molar-refractivity contribution in [3.63, 3.8) is 0 Å². The number of carbonyl (C=O) groups excluding carboxylic acids is 1. The van der Waals surface area contributed by atoms with Gasteiger partial charge < -0.3 is 14.4 Å². The molecule has 2 aromatic rings. The molecule has 0 radical (unpaired) electrons. The van der Waals surface area contributed by atoms with Gasteiger partial charge in [-0.15, -0.1) is 0 Å². The minimum Gasteiger partial charge on any atom is -0.486 e. The first-order valence-electron chi connectivity index (χ1n) is 8.28. The van der Waals surface area contributed by atoms with Crippen molar-refractivity contribution in [2.45, 2.75) is 12.8 Å². The third-order valence-corrected chi connectivity index (χ3v) is 4.36. The number of aryl methyl sites for hydroxylation is 1. The van der Waals surface area contributed by atoms with E-state index in [2.05, 4.69) is 6.07 Å². The van der Waals surface area contributed by atoms with Crippen LogP contribution in [0.2, 0.25) is 0 Å². The van der Waals surface area contributed by atoms with Crippen molar-refractivity contribution >= 4 is 17.7 Å². The van der Waals surface area contributed by atoms with E-state index in [-0.39, 0.29) is 5.91 Å². The molecule has 0 N–H and O–H groups in total. The molecule has 2 aliphatic rings. The molecule has 0 saturated carbocycles. The molecule has 24 heavy (non-hydrogen) atoms. The molecule has 1 amide bonds. The molecular weight excluding hydrogens is 302 g/mol. The van der Waals surface area contributed by atoms with Crippen LogP contribution in [-0.4, -0.2) is 25.7 Å². The fourth-order valence-electron chi connectivity index (χ4n) is 3.18. The zero-order valence-corrected chi connectivity index (χ0v) is 13.4. The van der Waals surface area contributed by atoms with Crippen LogP contribution < -0.4 is 14.4 Å². The third kappa shape index (κ3) is 2.87. The van der Waals surface area contributed by atoms with Crippen LogP contribution in [-0.2, 0) is 11.2 Å². The van der Waals surface area contributed by atoms with E-state index < -0.39 is 0 Å². The van der Waals surface area contributed by atoms with Gasteiger partial charge in [0, 0.05) is 18.3 Å². The summed E-state index contributed by atoms with van der Waals surface area (Å²) < 4.78 is 11.1. The number of benzene rings is 2. The van der Waals surface area contributed by atoms with Gasteiger partial charge in [-0.2, -0.15) is 0 Å². The number of nitrogens with zero attached hydrogens (tertiary/aromatic N) is 1. The Kier molecular flexibility index (Phi) is 3.95. The molecule has 0 spiro atoms. The van der Waals surface area contributed by atoms with Gasteiger partial charge in [-0.05, 0) is 48.2 Å². The number of para-hydroxylation sites is 1. The Bertz CT molecular complexity index is 797. The van der Waals surface area contributed by atoms with E-state index in [0.717, 1.165) is 42.1 Å². The number of ether oxygens (including phenoxy) is 2. The van der Waals surface area contributed by atoms with Gasteiger partial charge in [0.2, 0.25) is 0 Å². The number of rotatable bonds is 2. The fraction of sp³-hybridized carbons (Fsp3) is 0.250. The van der Waals surface area contributed by atoms with Crippen LogP contribution in [0.1, 0.15) is 17.5 Å². The summed E-state index contributed by atoms with van der Waals surface area (Å²) in [5.74, 6) is 1.51. The Hall–Kier alpha value is -2.75. The van der Waals surface area contributed by atoms with Crippen LogP contribution in [0.4, 0.5) is 5.69 Å². The smallest absolute Gasteiger partial charge is 0.250 e. The van der Waals surface area contributed by atoms with Crippen molar-refractivity contribution in [3.8, 4) is 11.5 Å². The number of fused-ring (bicyclic) bond motifs is 2. The maximum atomic E-state index is 12.6. The minimum absolute atomic E-state index is 0.0111. The molecular formula is C20H19NO3. The Morgan fingerprint density at radius 3 is 2.79 bits per heavy atom. The number of anilines is 1. The topological polar surface area (TPSA) is 38.8 Å². The predicted molar refractivity (Wildman–Crippen MR) is 93.6 cm³/mol. The summed E-state index contributed by atoms with van der Waals surface area (Å²) in [5.41, 5.74) is 3.20. The lowest BCUT2D eigenvalue weighted by Crippen LogP contribution is -2.34. The quantitative estimate of drug-likeness (QED) is 0.795. The van der Waals surface area contributed by atoms with Crippen molar-refractivity contribution < 1.29 is 14.3 Å². The first-order chi connectivity index (χ1) is 11.8. The number of amides is 1. The zero-order chi connectivity index (χ0) is 16.4. The molecule has 0 atom stereocenters. The van der Waals surface area contributed by atoms with Gasteiger partial charge in [-0.3, -0.25) is 4.79 Å². The summed E-state index contributed by atoms with van der Waals surface area (Å²) in [6, 6.07) is 13.8. The summed E-state index contributed by atoms with van der Waals surface area (Å²) in [6.07, 6.45) is 5.50. The highest BCUT2D eigenvalue weighted by atomic mass is 16.6. The lowest BCUT2D eigenvalue weighted by Gasteiger charge is -2.28. The summed E-state index contributed by atoms with van der Waals surface area (Å²) in [7, 11) is 0. The van der Waals surface area contributed by atoms with Gasteiger partial charge in [0.05, 0.1) is 0 Å². The first kappa shape index (κ1) is 14.8. The van der Waals surface area contributed by atoms with Gasteiger partial charge in [-0.25, -0.2) is 0 Å². The average Bonchev–Trinajstić information content (AvgIpc) is 2.65. The van der Waals surface area contributed by atoms with Crippen molar-refractivity contribution in [1.29, 1.82) is 0 Å². The second-order valence-corrected chi connectivity index (χ2v) is 5.96. The van der Waals surface area contributed by atoms with Crippen molar-refractivity contribution in [2.75, 3.05) is 24.7 Å². The number of hydrogen-bond donors (Lipinski definition) is 0. The molecule has 0 fully saturated rings. The summed E-state index contributed by atoms with van der Waals surface area (Å²) in [6.45, 7) is 1.90. The van der Waals surface area contributed by atoms with E-state index in [1.54, 1.807) is 6.08 Å². The van der Waals surface area contributed by atoms with Crippen molar-refractivity contribution in [2.24, 2.45) is 0 Å². The molecule has 2 aromatic carbocycles. The molecule has 122 valence electrons. The summed E-state index contributed by atoms with van der Waals surface area (Å²) in [5, 5.41) is 0. The number of hydrogen-bond acceptors (Lipinski definition) is 3. The van der Waals surface area contributed by atoms with Crippen LogP contribution in [0.5, 0.6) is 11.5 Å². The van der Waals surface area contributed by atoms with Gasteiger partial charge in [0.1, 0.15) is 13.2 Å². The fourth-order valence-corrected chi connectivity index (χ4v) is 3.18. The minimum atomic E-state index is 0.0111. The maximum Gasteiger partial charge on any atom is 0.250 e. The summed E-state index contributed by atoms with van der Waals surface area (Å²) >= 11 is 0. The highest BCUT2D eigenvalue weighted by Gasteiger charge is 2.20. The van der Waals surface area contributed by atoms with Crippen LogP contribution in [0.15, 0.2) is 48.5 Å². The van der Waals surface area contributed by atoms with E-state index in [4.69, 9.17) is 9.47 Å². The molecule has 4 nitrogen and oxygen atoms in total. The second kappa shape index (κ2) is 6.40. The molecule has 2 aliphatic heterocycles. The summed E-state index contributed by atoms with van der Waals surface area (Å²) in [4.78, 5) is 14.5. The van der Waals surface area contributed by atoms with Gasteiger partial charge in [0.15, 0.2) is 11.5 Å². The van der Waals surface area contributed by atoms with Gasteiger partial charge >= 0.3 is 0 Å². The molecule has 0 unspecified atom stereocenters. The lowest BCUT2D eigenvalue weighted by atomic mass is 10.0. The first-order valence-corrected chi connectivity index (χ1v) is 8.28. The average molecular weight is 321 g/mol. The maximum absolute atomic E-state index is 12.6. The number of carbonyl (C=O) groups is 1. The largest absolute Gasteiger partial charge is 0.486 e. The lowest BCUT2D eigenvalue weighted by molar-refractivity contribution is -0.114. The predicted octanol–water partition coefficient (Wildman–Crippen LogP) is 3.45. The second-order valence-electron chi connectivity index (χ2n) is 5.96. The molecule has 0 saturated heterocycles. The zero-order valence-electron chi connectivity index (χ0n) is 13.4. The molecule has 2 heterocycles. The Morgan fingerprint density at radius 2 is 1.88 bits per heavy atom. The molecule has 4 heteroatoms. The standard InChI is InChI=1S/C20H19NO3/c22-20(21-11-3-5-16-4-1-2-6-17(16)21)10-8-15-7-9-18-19(14-15)24-13-12-23-18/h1-2,4,6-10,14H,3,5,11-13H2. The Labute approximate surface area is 141 Å². The highest BCUT2D eigenvalue weighted by molar-refractivity contribution is 6.04. The Morgan fingerprint density at radius 1 is 1.04 bits per heavy atom. The van der Waals surface area contributed by atoms with Crippen LogP contribution >= 0.6 is 0 Å². The van der Waals surface area contributed by atoms with E-state index in [1.807, 2.05) is 47.4 Å². The van der Waals surface area contributed by atoms with Crippen LogP contribution in [0, 0.1) is 0 Å². The monoisotopic (exact) mass is 321 g/mol. The third-order valence-electron chi connectivity index (χ3n) is 4.36. The van der Waals surface area contributed by atoms with Crippen molar-refractivity contribution in [1.82, 2.24) is 0 Å². The Balaban J connectivity index is 1.53. The normalized spacial score (nSPS) is 16.1. The molecule has 0 aliphatic carbocycles.